The molecule has 0 bridgehead atoms. The van der Waals surface area contributed by atoms with Gasteiger partial charge >= 0.3 is 5.97 Å². The maximum absolute atomic E-state index is 11.8. The van der Waals surface area contributed by atoms with Gasteiger partial charge in [0.15, 0.2) is 5.82 Å². The van der Waals surface area contributed by atoms with Gasteiger partial charge in [0, 0.05) is 12.6 Å². The third-order valence-electron chi connectivity index (χ3n) is 3.27. The molecule has 0 spiro atoms. The fourth-order valence-corrected chi connectivity index (χ4v) is 2.74. The maximum atomic E-state index is 11.8. The molecule has 0 fully saturated rings. The average Bonchev–Trinajstić information content (AvgIpc) is 3.00. The number of anilines is 1. The van der Waals surface area contributed by atoms with Crippen molar-refractivity contribution in [3.63, 3.8) is 0 Å². The van der Waals surface area contributed by atoms with Crippen molar-refractivity contribution in [2.75, 3.05) is 23.4 Å². The largest absolute Gasteiger partial charge is 0.478 e. The predicted molar refractivity (Wildman–Crippen MR) is 97.3 cm³/mol. The Labute approximate surface area is 154 Å². The Hall–Kier alpha value is -2.81. The molecule has 2 aromatic rings. The van der Waals surface area contributed by atoms with Crippen molar-refractivity contribution in [2.45, 2.75) is 13.3 Å². The second-order valence-corrected chi connectivity index (χ2v) is 6.45. The monoisotopic (exact) mass is 377 g/mol. The van der Waals surface area contributed by atoms with Gasteiger partial charge in [-0.25, -0.2) is 4.79 Å². The molecule has 8 nitrogen and oxygen atoms in total. The van der Waals surface area contributed by atoms with Crippen LogP contribution in [0.3, 0.4) is 0 Å². The smallest absolute Gasteiger partial charge is 0.335 e. The van der Waals surface area contributed by atoms with Crippen molar-refractivity contribution in [3.05, 3.63) is 47.2 Å². The van der Waals surface area contributed by atoms with E-state index in [-0.39, 0.29) is 28.9 Å². The van der Waals surface area contributed by atoms with Crippen LogP contribution in [-0.2, 0) is 16.0 Å². The molecule has 0 atom stereocenters. The van der Waals surface area contributed by atoms with Crippen LogP contribution in [0.1, 0.15) is 21.7 Å². The molecule has 0 saturated heterocycles. The quantitative estimate of drug-likeness (QED) is 0.608. The highest BCUT2D eigenvalue weighted by atomic mass is 32.2. The van der Waals surface area contributed by atoms with Crippen LogP contribution in [0.2, 0.25) is 0 Å². The Balaban J connectivity index is 1.62. The number of carboxylic acid groups (broad SMARTS) is 1. The minimum absolute atomic E-state index is 0.125. The van der Waals surface area contributed by atoms with Crippen LogP contribution in [-0.4, -0.2) is 46.1 Å². The fourth-order valence-electron chi connectivity index (χ4n) is 2.10. The normalized spacial score (nSPS) is 10.3. The van der Waals surface area contributed by atoms with Gasteiger partial charge < -0.3 is 20.3 Å². The lowest BCUT2D eigenvalue weighted by Crippen LogP contribution is -2.28. The van der Waals surface area contributed by atoms with Gasteiger partial charge in [-0.05, 0) is 31.0 Å². The molecule has 1 aromatic carbocycles. The molecule has 0 aliphatic carbocycles. The molecule has 26 heavy (non-hydrogen) atoms. The van der Waals surface area contributed by atoms with Gasteiger partial charge in [0.25, 0.3) is 0 Å². The fraction of sp³-hybridized carbons (Fsp3) is 0.294. The Morgan fingerprint density at radius 2 is 1.96 bits per heavy atom. The molecule has 0 saturated carbocycles. The number of carbonyl (C=O) groups excluding carboxylic acids is 2. The zero-order valence-corrected chi connectivity index (χ0v) is 15.0. The van der Waals surface area contributed by atoms with Gasteiger partial charge in [-0.3, -0.25) is 9.59 Å². The number of carboxylic acids is 1. The molecule has 9 heteroatoms. The second-order valence-electron chi connectivity index (χ2n) is 5.47. The van der Waals surface area contributed by atoms with Crippen LogP contribution in [0.4, 0.5) is 5.82 Å². The zero-order valence-electron chi connectivity index (χ0n) is 14.2. The highest BCUT2D eigenvalue weighted by Gasteiger charge is 2.08. The van der Waals surface area contributed by atoms with E-state index in [0.717, 1.165) is 5.56 Å². The van der Waals surface area contributed by atoms with Crippen molar-refractivity contribution in [3.8, 4) is 0 Å². The Morgan fingerprint density at radius 1 is 1.19 bits per heavy atom. The number of rotatable bonds is 9. The van der Waals surface area contributed by atoms with Gasteiger partial charge in [-0.1, -0.05) is 17.3 Å². The molecule has 0 unspecified atom stereocenters. The minimum Gasteiger partial charge on any atom is -0.478 e. The van der Waals surface area contributed by atoms with E-state index < -0.39 is 5.97 Å². The summed E-state index contributed by atoms with van der Waals surface area (Å²) >= 11 is 1.19. The van der Waals surface area contributed by atoms with E-state index >= 15 is 0 Å². The molecule has 0 aliphatic rings. The van der Waals surface area contributed by atoms with Gasteiger partial charge in [0.05, 0.1) is 17.1 Å². The predicted octanol–water partition coefficient (Wildman–Crippen LogP) is 1.71. The molecule has 2 rings (SSSR count). The first-order chi connectivity index (χ1) is 12.4. The Bertz CT molecular complexity index is 790. The molecule has 1 aromatic heterocycles. The van der Waals surface area contributed by atoms with E-state index in [0.29, 0.717) is 24.5 Å². The van der Waals surface area contributed by atoms with Gasteiger partial charge in [-0.2, -0.15) is 0 Å². The number of aromatic carboxylic acids is 1. The number of hydrogen-bond donors (Lipinski definition) is 3. The number of aryl methyl sites for hydroxylation is 1. The summed E-state index contributed by atoms with van der Waals surface area (Å²) in [4.78, 5) is 34.4. The summed E-state index contributed by atoms with van der Waals surface area (Å²) in [5.41, 5.74) is 1.05. The van der Waals surface area contributed by atoms with E-state index in [9.17, 15) is 14.4 Å². The van der Waals surface area contributed by atoms with Crippen molar-refractivity contribution in [1.82, 2.24) is 10.5 Å². The first-order valence-electron chi connectivity index (χ1n) is 7.84. The average molecular weight is 377 g/mol. The molecule has 138 valence electrons. The summed E-state index contributed by atoms with van der Waals surface area (Å²) < 4.78 is 4.84. The third kappa shape index (κ3) is 6.60. The number of amides is 2. The highest BCUT2D eigenvalue weighted by Crippen LogP contribution is 2.08. The number of carbonyl (C=O) groups is 3. The summed E-state index contributed by atoms with van der Waals surface area (Å²) in [5, 5.41) is 17.9. The Kier molecular flexibility index (Phi) is 7.22. The van der Waals surface area contributed by atoms with Crippen LogP contribution in [0.15, 0.2) is 34.9 Å². The number of thioether (sulfide) groups is 1. The molecule has 3 N–H and O–H groups in total. The summed E-state index contributed by atoms with van der Waals surface area (Å²) in [6.07, 6.45) is 0.531. The molecule has 0 radical (unpaired) electrons. The van der Waals surface area contributed by atoms with Crippen LogP contribution in [0, 0.1) is 6.92 Å². The summed E-state index contributed by atoms with van der Waals surface area (Å²) in [7, 11) is 0. The van der Waals surface area contributed by atoms with E-state index in [1.807, 2.05) is 6.07 Å². The molecule has 1 heterocycles. The summed E-state index contributed by atoms with van der Waals surface area (Å²) in [6.45, 7) is 2.12. The van der Waals surface area contributed by atoms with Gasteiger partial charge in [0.1, 0.15) is 5.76 Å². The number of nitrogens with zero attached hydrogens (tertiary/aromatic N) is 1. The zero-order chi connectivity index (χ0) is 18.9. The first-order valence-corrected chi connectivity index (χ1v) is 8.99. The van der Waals surface area contributed by atoms with Crippen LogP contribution in [0.5, 0.6) is 0 Å². The third-order valence-corrected chi connectivity index (χ3v) is 4.20. The molecular weight excluding hydrogens is 358 g/mol. The maximum Gasteiger partial charge on any atom is 0.335 e. The van der Waals surface area contributed by atoms with E-state index in [2.05, 4.69) is 15.8 Å². The minimum atomic E-state index is -0.980. The van der Waals surface area contributed by atoms with Gasteiger partial charge in [-0.15, -0.1) is 11.8 Å². The number of benzene rings is 1. The van der Waals surface area contributed by atoms with E-state index in [4.69, 9.17) is 9.63 Å². The Morgan fingerprint density at radius 3 is 2.65 bits per heavy atom. The number of nitrogens with one attached hydrogen (secondary N) is 2. The van der Waals surface area contributed by atoms with E-state index in [1.54, 1.807) is 25.1 Å². The summed E-state index contributed by atoms with van der Waals surface area (Å²) in [5.74, 6) is -0.204. The van der Waals surface area contributed by atoms with Crippen LogP contribution >= 0.6 is 11.8 Å². The van der Waals surface area contributed by atoms with E-state index in [1.165, 1.54) is 17.8 Å². The van der Waals surface area contributed by atoms with Crippen molar-refractivity contribution in [2.24, 2.45) is 0 Å². The SMILES string of the molecule is Cc1cc(NC(=O)CSCC(=O)NCCc2cccc(C(=O)O)c2)no1. The van der Waals surface area contributed by atoms with Gasteiger partial charge in [0.2, 0.25) is 11.8 Å². The molecular formula is C17H19N3O5S. The number of hydrogen-bond acceptors (Lipinski definition) is 6. The topological polar surface area (TPSA) is 122 Å². The van der Waals surface area contributed by atoms with Crippen molar-refractivity contribution < 1.29 is 24.0 Å². The lowest BCUT2D eigenvalue weighted by molar-refractivity contribution is -0.118. The number of aromatic nitrogens is 1. The standard InChI is InChI=1S/C17H19N3O5S/c1-11-7-14(20-25-11)19-16(22)10-26-9-15(21)18-6-5-12-3-2-4-13(8-12)17(23)24/h2-4,7-8H,5-6,9-10H2,1H3,(H,18,21)(H,23,24)(H,19,20,22). The van der Waals surface area contributed by atoms with Crippen molar-refractivity contribution >= 4 is 35.4 Å². The first kappa shape index (κ1) is 19.5. The molecule has 2 amide bonds. The summed E-state index contributed by atoms with van der Waals surface area (Å²) in [6, 6.07) is 8.19. The lowest BCUT2D eigenvalue weighted by Gasteiger charge is -2.06. The second kappa shape index (κ2) is 9.62. The van der Waals surface area contributed by atoms with Crippen molar-refractivity contribution in [1.29, 1.82) is 0 Å². The lowest BCUT2D eigenvalue weighted by atomic mass is 10.1. The van der Waals surface area contributed by atoms with Crippen LogP contribution in [0.25, 0.3) is 0 Å². The van der Waals surface area contributed by atoms with Crippen LogP contribution < -0.4 is 10.6 Å². The molecule has 0 aliphatic heterocycles. The highest BCUT2D eigenvalue weighted by molar-refractivity contribution is 8.00.